The highest BCUT2D eigenvalue weighted by atomic mass is 35.5. The molecule has 1 aliphatic heterocycles. The largest absolute Gasteiger partial charge is 0.471 e. The van der Waals surface area contributed by atoms with E-state index in [1.165, 1.54) is 6.07 Å². The van der Waals surface area contributed by atoms with E-state index >= 15 is 0 Å². The third-order valence-electron chi connectivity index (χ3n) is 3.82. The Bertz CT molecular complexity index is 742. The van der Waals surface area contributed by atoms with Crippen LogP contribution in [0.1, 0.15) is 11.1 Å². The fraction of sp³-hybridized carbons (Fsp3) is 0.294. The van der Waals surface area contributed by atoms with Crippen LogP contribution in [0.25, 0.3) is 0 Å². The molecule has 0 bridgehead atoms. The second-order valence-corrected chi connectivity index (χ2v) is 6.16. The van der Waals surface area contributed by atoms with Gasteiger partial charge in [-0.3, -0.25) is 4.79 Å². The lowest BCUT2D eigenvalue weighted by atomic mass is 10.1. The van der Waals surface area contributed by atoms with Gasteiger partial charge in [-0.25, -0.2) is 4.98 Å². The predicted molar refractivity (Wildman–Crippen MR) is 85.4 cm³/mol. The minimum atomic E-state index is -4.42. The Kier molecular flexibility index (Phi) is 4.85. The number of rotatable bonds is 4. The normalized spacial score (nSPS) is 15.0. The van der Waals surface area contributed by atoms with Gasteiger partial charge in [-0.2, -0.15) is 13.2 Å². The van der Waals surface area contributed by atoms with E-state index in [1.54, 1.807) is 29.2 Å². The van der Waals surface area contributed by atoms with Crippen molar-refractivity contribution in [1.29, 1.82) is 0 Å². The number of alkyl halides is 3. The number of pyridine rings is 1. The van der Waals surface area contributed by atoms with Crippen LogP contribution in [0.3, 0.4) is 0 Å². The molecule has 0 aliphatic carbocycles. The SMILES string of the molecule is O=C(Cc1ccc(Cl)cc1)N1CC(Oc2ccc(C(F)(F)F)cn2)C1. The Hall–Kier alpha value is -2.28. The predicted octanol–water partition coefficient (Wildman–Crippen LogP) is 3.59. The van der Waals surface area contributed by atoms with Gasteiger partial charge in [0.1, 0.15) is 6.10 Å². The van der Waals surface area contributed by atoms with Crippen LogP contribution < -0.4 is 4.74 Å². The molecule has 25 heavy (non-hydrogen) atoms. The van der Waals surface area contributed by atoms with Crippen LogP contribution in [0.5, 0.6) is 5.88 Å². The zero-order chi connectivity index (χ0) is 18.0. The summed E-state index contributed by atoms with van der Waals surface area (Å²) in [6.07, 6.45) is -3.69. The van der Waals surface area contributed by atoms with Crippen molar-refractivity contribution in [3.8, 4) is 5.88 Å². The van der Waals surface area contributed by atoms with E-state index in [0.29, 0.717) is 18.1 Å². The molecule has 1 aliphatic rings. The number of hydrogen-bond donors (Lipinski definition) is 0. The Balaban J connectivity index is 1.47. The van der Waals surface area contributed by atoms with Crippen LogP contribution >= 0.6 is 11.6 Å². The number of nitrogens with zero attached hydrogens (tertiary/aromatic N) is 2. The highest BCUT2D eigenvalue weighted by molar-refractivity contribution is 6.30. The third-order valence-corrected chi connectivity index (χ3v) is 4.07. The van der Waals surface area contributed by atoms with Gasteiger partial charge in [0.05, 0.1) is 25.1 Å². The molecular formula is C17H14ClF3N2O2. The number of aromatic nitrogens is 1. The van der Waals surface area contributed by atoms with Gasteiger partial charge < -0.3 is 9.64 Å². The third kappa shape index (κ3) is 4.42. The van der Waals surface area contributed by atoms with Gasteiger partial charge in [-0.05, 0) is 23.8 Å². The minimum Gasteiger partial charge on any atom is -0.471 e. The molecule has 2 aromatic rings. The minimum absolute atomic E-state index is 0.0393. The summed E-state index contributed by atoms with van der Waals surface area (Å²) in [5.74, 6) is 0.0744. The first-order chi connectivity index (χ1) is 11.8. The van der Waals surface area contributed by atoms with Crippen LogP contribution in [-0.4, -0.2) is 35.0 Å². The van der Waals surface area contributed by atoms with Crippen molar-refractivity contribution < 1.29 is 22.7 Å². The first-order valence-electron chi connectivity index (χ1n) is 7.53. The van der Waals surface area contributed by atoms with E-state index in [2.05, 4.69) is 4.98 Å². The zero-order valence-corrected chi connectivity index (χ0v) is 13.7. The van der Waals surface area contributed by atoms with E-state index in [0.717, 1.165) is 17.8 Å². The standard InChI is InChI=1S/C17H14ClF3N2O2/c18-13-4-1-11(2-5-13)7-16(24)23-9-14(10-23)25-15-6-3-12(8-22-15)17(19,20)21/h1-6,8,14H,7,9-10H2. The van der Waals surface area contributed by atoms with Crippen LogP contribution in [-0.2, 0) is 17.4 Å². The molecule has 4 nitrogen and oxygen atoms in total. The molecule has 1 amide bonds. The first kappa shape index (κ1) is 17.5. The average Bonchev–Trinajstić information content (AvgIpc) is 2.52. The molecule has 0 radical (unpaired) electrons. The average molecular weight is 371 g/mol. The lowest BCUT2D eigenvalue weighted by molar-refractivity contribution is -0.140. The van der Waals surface area contributed by atoms with Gasteiger partial charge in [0.2, 0.25) is 11.8 Å². The van der Waals surface area contributed by atoms with Crippen molar-refractivity contribution in [2.75, 3.05) is 13.1 Å². The molecule has 0 unspecified atom stereocenters. The van der Waals surface area contributed by atoms with Gasteiger partial charge in [0.15, 0.2) is 0 Å². The molecular weight excluding hydrogens is 357 g/mol. The highest BCUT2D eigenvalue weighted by Crippen LogP contribution is 2.29. The lowest BCUT2D eigenvalue weighted by Gasteiger charge is -2.38. The van der Waals surface area contributed by atoms with Crippen molar-refractivity contribution >= 4 is 17.5 Å². The molecule has 3 rings (SSSR count). The summed E-state index contributed by atoms with van der Waals surface area (Å²) in [5.41, 5.74) is 0.0383. The first-order valence-corrected chi connectivity index (χ1v) is 7.91. The molecule has 1 aromatic carbocycles. The number of benzene rings is 1. The monoisotopic (exact) mass is 370 g/mol. The molecule has 1 fully saturated rings. The van der Waals surface area contributed by atoms with Gasteiger partial charge >= 0.3 is 6.18 Å². The highest BCUT2D eigenvalue weighted by Gasteiger charge is 2.33. The Morgan fingerprint density at radius 3 is 2.44 bits per heavy atom. The van der Waals surface area contributed by atoms with E-state index in [1.807, 2.05) is 0 Å². The maximum absolute atomic E-state index is 12.5. The zero-order valence-electron chi connectivity index (χ0n) is 13.0. The van der Waals surface area contributed by atoms with Crippen LogP contribution in [0.2, 0.25) is 5.02 Å². The summed E-state index contributed by atoms with van der Waals surface area (Å²) in [6, 6.07) is 9.14. The molecule has 1 aromatic heterocycles. The smallest absolute Gasteiger partial charge is 0.417 e. The number of carbonyl (C=O) groups is 1. The van der Waals surface area contributed by atoms with Crippen molar-refractivity contribution in [3.05, 3.63) is 58.7 Å². The Morgan fingerprint density at radius 2 is 1.88 bits per heavy atom. The fourth-order valence-electron chi connectivity index (χ4n) is 2.39. The molecule has 1 saturated heterocycles. The summed E-state index contributed by atoms with van der Waals surface area (Å²) in [6.45, 7) is 0.768. The summed E-state index contributed by atoms with van der Waals surface area (Å²) < 4.78 is 42.9. The number of halogens is 4. The number of amides is 1. The van der Waals surface area contributed by atoms with E-state index in [9.17, 15) is 18.0 Å². The number of ether oxygens (including phenoxy) is 1. The van der Waals surface area contributed by atoms with Crippen molar-refractivity contribution in [3.63, 3.8) is 0 Å². The Morgan fingerprint density at radius 1 is 1.20 bits per heavy atom. The topological polar surface area (TPSA) is 42.4 Å². The number of hydrogen-bond acceptors (Lipinski definition) is 3. The summed E-state index contributed by atoms with van der Waals surface area (Å²) in [4.78, 5) is 17.4. The van der Waals surface area contributed by atoms with E-state index in [4.69, 9.17) is 16.3 Å². The summed E-state index contributed by atoms with van der Waals surface area (Å²) in [7, 11) is 0. The number of likely N-dealkylation sites (tertiary alicyclic amines) is 1. The number of carbonyl (C=O) groups excluding carboxylic acids is 1. The second-order valence-electron chi connectivity index (χ2n) is 5.72. The molecule has 0 saturated carbocycles. The van der Waals surface area contributed by atoms with Gasteiger partial charge in [-0.15, -0.1) is 0 Å². The van der Waals surface area contributed by atoms with Crippen LogP contribution in [0.4, 0.5) is 13.2 Å². The summed E-state index contributed by atoms with van der Waals surface area (Å²) in [5, 5.41) is 0.609. The maximum atomic E-state index is 12.5. The van der Waals surface area contributed by atoms with E-state index in [-0.39, 0.29) is 24.3 Å². The Labute approximate surface area is 147 Å². The molecule has 132 valence electrons. The molecule has 0 atom stereocenters. The van der Waals surface area contributed by atoms with Crippen molar-refractivity contribution in [2.45, 2.75) is 18.7 Å². The summed E-state index contributed by atoms with van der Waals surface area (Å²) >= 11 is 5.80. The molecule has 0 N–H and O–H groups in total. The molecule has 0 spiro atoms. The van der Waals surface area contributed by atoms with Gasteiger partial charge in [0.25, 0.3) is 0 Å². The van der Waals surface area contributed by atoms with Crippen molar-refractivity contribution in [1.82, 2.24) is 9.88 Å². The molecule has 2 heterocycles. The fourth-order valence-corrected chi connectivity index (χ4v) is 2.52. The second kappa shape index (κ2) is 6.92. The lowest BCUT2D eigenvalue weighted by Crippen LogP contribution is -2.56. The van der Waals surface area contributed by atoms with E-state index < -0.39 is 11.7 Å². The quantitative estimate of drug-likeness (QED) is 0.826. The maximum Gasteiger partial charge on any atom is 0.417 e. The van der Waals surface area contributed by atoms with Crippen molar-refractivity contribution in [2.24, 2.45) is 0 Å². The van der Waals surface area contributed by atoms with Crippen LogP contribution in [0.15, 0.2) is 42.6 Å². The van der Waals surface area contributed by atoms with Gasteiger partial charge in [0, 0.05) is 17.3 Å². The van der Waals surface area contributed by atoms with Gasteiger partial charge in [-0.1, -0.05) is 23.7 Å². The molecule has 8 heteroatoms. The van der Waals surface area contributed by atoms with Crippen LogP contribution in [0, 0.1) is 0 Å².